The maximum absolute atomic E-state index is 12.6. The lowest BCUT2D eigenvalue weighted by Gasteiger charge is -2.34. The maximum atomic E-state index is 12.6. The SMILES string of the molecule is Cc1ccc(C(N)C(=O)N2CCN(c3cnn(C)c3)C(=O)C2)cc1. The van der Waals surface area contributed by atoms with E-state index in [9.17, 15) is 9.59 Å². The Morgan fingerprint density at radius 3 is 2.54 bits per heavy atom. The first-order valence-corrected chi connectivity index (χ1v) is 7.85. The normalized spacial score (nSPS) is 16.4. The fourth-order valence-electron chi connectivity index (χ4n) is 2.80. The topological polar surface area (TPSA) is 84.5 Å². The van der Waals surface area contributed by atoms with Crippen LogP contribution in [-0.4, -0.2) is 46.1 Å². The van der Waals surface area contributed by atoms with Gasteiger partial charge in [-0.2, -0.15) is 5.10 Å². The molecule has 7 nitrogen and oxygen atoms in total. The third kappa shape index (κ3) is 3.16. The van der Waals surface area contributed by atoms with Gasteiger partial charge in [-0.25, -0.2) is 0 Å². The Kier molecular flexibility index (Phi) is 4.35. The van der Waals surface area contributed by atoms with Gasteiger partial charge in [-0.1, -0.05) is 29.8 Å². The first-order valence-electron chi connectivity index (χ1n) is 7.85. The molecule has 2 amide bonds. The van der Waals surface area contributed by atoms with E-state index in [-0.39, 0.29) is 18.4 Å². The first-order chi connectivity index (χ1) is 11.5. The van der Waals surface area contributed by atoms with Crippen molar-refractivity contribution in [3.63, 3.8) is 0 Å². The maximum Gasteiger partial charge on any atom is 0.246 e. The second kappa shape index (κ2) is 6.45. The zero-order chi connectivity index (χ0) is 17.3. The monoisotopic (exact) mass is 327 g/mol. The number of carbonyl (C=O) groups is 2. The van der Waals surface area contributed by atoms with E-state index in [4.69, 9.17) is 5.73 Å². The number of nitrogens with zero attached hydrogens (tertiary/aromatic N) is 4. The van der Waals surface area contributed by atoms with Crippen molar-refractivity contribution in [1.29, 1.82) is 0 Å². The van der Waals surface area contributed by atoms with Gasteiger partial charge in [0.05, 0.1) is 11.9 Å². The first kappa shape index (κ1) is 16.2. The van der Waals surface area contributed by atoms with E-state index < -0.39 is 6.04 Å². The molecule has 1 aliphatic rings. The summed E-state index contributed by atoms with van der Waals surface area (Å²) in [5.74, 6) is -0.350. The molecule has 1 saturated heterocycles. The van der Waals surface area contributed by atoms with E-state index in [1.807, 2.05) is 31.2 Å². The van der Waals surface area contributed by atoms with Crippen molar-refractivity contribution in [1.82, 2.24) is 14.7 Å². The summed E-state index contributed by atoms with van der Waals surface area (Å²) < 4.78 is 1.65. The van der Waals surface area contributed by atoms with Crippen LogP contribution in [0.25, 0.3) is 0 Å². The number of aromatic nitrogens is 2. The molecular formula is C17H21N5O2. The van der Waals surface area contributed by atoms with E-state index in [1.165, 1.54) is 4.90 Å². The number of aryl methyl sites for hydroxylation is 2. The number of benzene rings is 1. The zero-order valence-electron chi connectivity index (χ0n) is 13.8. The van der Waals surface area contributed by atoms with Crippen LogP contribution in [0.3, 0.4) is 0 Å². The zero-order valence-corrected chi connectivity index (χ0v) is 13.8. The van der Waals surface area contributed by atoms with Gasteiger partial charge in [-0.3, -0.25) is 14.3 Å². The van der Waals surface area contributed by atoms with Gasteiger partial charge in [0.1, 0.15) is 12.6 Å². The van der Waals surface area contributed by atoms with E-state index >= 15 is 0 Å². The smallest absolute Gasteiger partial charge is 0.246 e. The minimum absolute atomic E-state index is 0.0350. The molecule has 7 heteroatoms. The summed E-state index contributed by atoms with van der Waals surface area (Å²) in [5, 5.41) is 4.08. The third-order valence-electron chi connectivity index (χ3n) is 4.24. The van der Waals surface area contributed by atoms with Crippen LogP contribution in [0.4, 0.5) is 5.69 Å². The van der Waals surface area contributed by atoms with Gasteiger partial charge < -0.3 is 15.5 Å². The fraction of sp³-hybridized carbons (Fsp3) is 0.353. The Labute approximate surface area is 140 Å². The number of carbonyl (C=O) groups excluding carboxylic acids is 2. The third-order valence-corrected chi connectivity index (χ3v) is 4.24. The Morgan fingerprint density at radius 1 is 1.25 bits per heavy atom. The number of hydrogen-bond acceptors (Lipinski definition) is 4. The van der Waals surface area contributed by atoms with Crippen LogP contribution >= 0.6 is 0 Å². The van der Waals surface area contributed by atoms with Crippen LogP contribution in [-0.2, 0) is 16.6 Å². The molecule has 1 atom stereocenters. The van der Waals surface area contributed by atoms with Crippen molar-refractivity contribution in [2.45, 2.75) is 13.0 Å². The number of hydrogen-bond donors (Lipinski definition) is 1. The lowest BCUT2D eigenvalue weighted by Crippen LogP contribution is -2.54. The molecule has 1 unspecified atom stereocenters. The Bertz CT molecular complexity index is 753. The molecule has 2 N–H and O–H groups in total. The van der Waals surface area contributed by atoms with Crippen molar-refractivity contribution in [2.75, 3.05) is 24.5 Å². The summed E-state index contributed by atoms with van der Waals surface area (Å²) in [6, 6.07) is 6.81. The summed E-state index contributed by atoms with van der Waals surface area (Å²) in [5.41, 5.74) is 8.70. The molecule has 0 aliphatic carbocycles. The Hall–Kier alpha value is -2.67. The molecule has 0 saturated carbocycles. The number of amides is 2. The quantitative estimate of drug-likeness (QED) is 0.895. The molecule has 1 aliphatic heterocycles. The molecule has 1 aromatic carbocycles. The van der Waals surface area contributed by atoms with Crippen molar-refractivity contribution < 1.29 is 9.59 Å². The molecule has 0 bridgehead atoms. The lowest BCUT2D eigenvalue weighted by atomic mass is 10.0. The molecule has 24 heavy (non-hydrogen) atoms. The van der Waals surface area contributed by atoms with Crippen LogP contribution < -0.4 is 10.6 Å². The molecule has 0 spiro atoms. The van der Waals surface area contributed by atoms with Crippen LogP contribution in [0, 0.1) is 6.92 Å². The van der Waals surface area contributed by atoms with E-state index in [0.717, 1.165) is 16.8 Å². The second-order valence-corrected chi connectivity index (χ2v) is 6.07. The van der Waals surface area contributed by atoms with Gasteiger partial charge in [0, 0.05) is 26.3 Å². The van der Waals surface area contributed by atoms with Crippen LogP contribution in [0.2, 0.25) is 0 Å². The van der Waals surface area contributed by atoms with E-state index in [2.05, 4.69) is 5.10 Å². The number of anilines is 1. The second-order valence-electron chi connectivity index (χ2n) is 6.07. The molecule has 1 aromatic heterocycles. The van der Waals surface area contributed by atoms with Gasteiger partial charge in [0.15, 0.2) is 0 Å². The summed E-state index contributed by atoms with van der Waals surface area (Å²) in [6.07, 6.45) is 3.43. The van der Waals surface area contributed by atoms with E-state index in [1.54, 1.807) is 29.0 Å². The lowest BCUT2D eigenvalue weighted by molar-refractivity contribution is -0.138. The summed E-state index contributed by atoms with van der Waals surface area (Å²) in [4.78, 5) is 28.1. The van der Waals surface area contributed by atoms with E-state index in [0.29, 0.717) is 13.1 Å². The highest BCUT2D eigenvalue weighted by Crippen LogP contribution is 2.19. The molecule has 3 rings (SSSR count). The molecule has 0 radical (unpaired) electrons. The number of rotatable bonds is 3. The average Bonchev–Trinajstić information content (AvgIpc) is 3.00. The predicted molar refractivity (Wildman–Crippen MR) is 90.2 cm³/mol. The van der Waals surface area contributed by atoms with Crippen LogP contribution in [0.1, 0.15) is 17.2 Å². The molecule has 2 aromatic rings. The van der Waals surface area contributed by atoms with Gasteiger partial charge >= 0.3 is 0 Å². The molecular weight excluding hydrogens is 306 g/mol. The Morgan fingerprint density at radius 2 is 1.96 bits per heavy atom. The minimum Gasteiger partial charge on any atom is -0.330 e. The highest BCUT2D eigenvalue weighted by Gasteiger charge is 2.31. The van der Waals surface area contributed by atoms with Gasteiger partial charge in [0.2, 0.25) is 11.8 Å². The van der Waals surface area contributed by atoms with Crippen molar-refractivity contribution >= 4 is 17.5 Å². The molecule has 1 fully saturated rings. The van der Waals surface area contributed by atoms with Crippen LogP contribution in [0.5, 0.6) is 0 Å². The standard InChI is InChI=1S/C17H21N5O2/c1-12-3-5-13(6-4-12)16(18)17(24)21-7-8-22(15(23)11-21)14-9-19-20(2)10-14/h3-6,9-10,16H,7-8,11,18H2,1-2H3. The largest absolute Gasteiger partial charge is 0.330 e. The van der Waals surface area contributed by atoms with Gasteiger partial charge in [-0.05, 0) is 12.5 Å². The fourth-order valence-corrected chi connectivity index (χ4v) is 2.80. The van der Waals surface area contributed by atoms with Gasteiger partial charge in [0.25, 0.3) is 0 Å². The number of piperazine rings is 1. The molecule has 126 valence electrons. The van der Waals surface area contributed by atoms with Gasteiger partial charge in [-0.15, -0.1) is 0 Å². The van der Waals surface area contributed by atoms with Crippen molar-refractivity contribution in [3.8, 4) is 0 Å². The summed E-state index contributed by atoms with van der Waals surface area (Å²) >= 11 is 0. The summed E-state index contributed by atoms with van der Waals surface area (Å²) in [7, 11) is 1.80. The number of nitrogens with two attached hydrogens (primary N) is 1. The highest BCUT2D eigenvalue weighted by molar-refractivity contribution is 5.98. The predicted octanol–water partition coefficient (Wildman–Crippen LogP) is 0.604. The Balaban J connectivity index is 1.67. The van der Waals surface area contributed by atoms with Crippen molar-refractivity contribution in [2.24, 2.45) is 12.8 Å². The minimum atomic E-state index is -0.747. The highest BCUT2D eigenvalue weighted by atomic mass is 16.2. The molecule has 2 heterocycles. The average molecular weight is 327 g/mol. The van der Waals surface area contributed by atoms with Crippen LogP contribution in [0.15, 0.2) is 36.7 Å². The van der Waals surface area contributed by atoms with Crippen molar-refractivity contribution in [3.05, 3.63) is 47.8 Å². The summed E-state index contributed by atoms with van der Waals surface area (Å²) in [6.45, 7) is 2.91.